The highest BCUT2D eigenvalue weighted by molar-refractivity contribution is 7.91. The van der Waals surface area contributed by atoms with E-state index in [9.17, 15) is 17.6 Å². The van der Waals surface area contributed by atoms with Crippen LogP contribution in [0.2, 0.25) is 0 Å². The van der Waals surface area contributed by atoms with Crippen LogP contribution in [0.25, 0.3) is 0 Å². The van der Waals surface area contributed by atoms with Crippen LogP contribution >= 0.6 is 0 Å². The molecule has 3 rings (SSSR count). The first-order valence-corrected chi connectivity index (χ1v) is 11.0. The smallest absolute Gasteiger partial charge is 0.322 e. The van der Waals surface area contributed by atoms with E-state index in [0.29, 0.717) is 12.3 Å². The molecular formula is C21H22FN3O4S. The second kappa shape index (κ2) is 9.17. The van der Waals surface area contributed by atoms with E-state index in [1.54, 1.807) is 0 Å². The third kappa shape index (κ3) is 5.73. The monoisotopic (exact) mass is 431 g/mol. The van der Waals surface area contributed by atoms with Gasteiger partial charge in [-0.25, -0.2) is 12.8 Å². The third-order valence-electron chi connectivity index (χ3n) is 4.63. The van der Waals surface area contributed by atoms with E-state index in [1.165, 1.54) is 17.7 Å². The minimum atomic E-state index is -3.58. The maximum atomic E-state index is 12.9. The van der Waals surface area contributed by atoms with Gasteiger partial charge >= 0.3 is 6.01 Å². The quantitative estimate of drug-likeness (QED) is 0.547. The highest BCUT2D eigenvalue weighted by atomic mass is 32.2. The summed E-state index contributed by atoms with van der Waals surface area (Å²) in [6, 6.07) is 10.6. The van der Waals surface area contributed by atoms with Crippen LogP contribution in [0, 0.1) is 19.7 Å². The number of aryl methyl sites for hydroxylation is 2. The maximum Gasteiger partial charge on any atom is 0.322 e. The van der Waals surface area contributed by atoms with Gasteiger partial charge in [0, 0.05) is 6.42 Å². The highest BCUT2D eigenvalue weighted by Crippen LogP contribution is 2.16. The van der Waals surface area contributed by atoms with Gasteiger partial charge in [-0.3, -0.25) is 10.1 Å². The zero-order valence-electron chi connectivity index (χ0n) is 16.7. The summed E-state index contributed by atoms with van der Waals surface area (Å²) in [4.78, 5) is 12.1. The number of sulfone groups is 1. The fourth-order valence-electron chi connectivity index (χ4n) is 2.83. The second-order valence-corrected chi connectivity index (χ2v) is 9.13. The predicted octanol–water partition coefficient (Wildman–Crippen LogP) is 3.61. The zero-order valence-corrected chi connectivity index (χ0v) is 17.5. The normalized spacial score (nSPS) is 11.4. The topological polar surface area (TPSA) is 102 Å². The van der Waals surface area contributed by atoms with Crippen LogP contribution in [0.1, 0.15) is 35.4 Å². The molecule has 0 aliphatic carbocycles. The number of rotatable bonds is 8. The molecule has 0 unspecified atom stereocenters. The third-order valence-corrected chi connectivity index (χ3v) is 6.45. The molecule has 1 N–H and O–H groups in total. The van der Waals surface area contributed by atoms with E-state index in [4.69, 9.17) is 4.42 Å². The van der Waals surface area contributed by atoms with Crippen molar-refractivity contribution in [1.29, 1.82) is 0 Å². The summed E-state index contributed by atoms with van der Waals surface area (Å²) >= 11 is 0. The van der Waals surface area contributed by atoms with Gasteiger partial charge in [0.1, 0.15) is 5.82 Å². The zero-order chi connectivity index (χ0) is 21.7. The number of hydrogen-bond donors (Lipinski definition) is 1. The molecule has 0 bridgehead atoms. The minimum absolute atomic E-state index is 0.0252. The molecule has 30 heavy (non-hydrogen) atoms. The van der Waals surface area contributed by atoms with Crippen LogP contribution in [-0.4, -0.2) is 30.3 Å². The average Bonchev–Trinajstić information content (AvgIpc) is 3.11. The Morgan fingerprint density at radius 2 is 1.80 bits per heavy atom. The van der Waals surface area contributed by atoms with Gasteiger partial charge in [0.2, 0.25) is 11.8 Å². The van der Waals surface area contributed by atoms with Crippen molar-refractivity contribution < 1.29 is 22.0 Å². The molecule has 0 aliphatic rings. The summed E-state index contributed by atoms with van der Waals surface area (Å²) < 4.78 is 42.8. The Bertz CT molecular complexity index is 1140. The van der Waals surface area contributed by atoms with Crippen LogP contribution < -0.4 is 5.32 Å². The second-order valence-electron chi connectivity index (χ2n) is 7.02. The Morgan fingerprint density at radius 1 is 1.07 bits per heavy atom. The molecule has 9 heteroatoms. The number of carbonyl (C=O) groups is 1. The van der Waals surface area contributed by atoms with Crippen LogP contribution in [0.3, 0.4) is 0 Å². The van der Waals surface area contributed by atoms with Gasteiger partial charge in [-0.2, -0.15) is 0 Å². The van der Waals surface area contributed by atoms with Gasteiger partial charge in [-0.1, -0.05) is 23.3 Å². The van der Waals surface area contributed by atoms with Crippen molar-refractivity contribution in [2.75, 3.05) is 11.1 Å². The van der Waals surface area contributed by atoms with Crippen molar-refractivity contribution in [2.45, 2.75) is 38.0 Å². The van der Waals surface area contributed by atoms with Gasteiger partial charge in [0.05, 0.1) is 17.1 Å². The van der Waals surface area contributed by atoms with E-state index < -0.39 is 21.6 Å². The molecule has 0 radical (unpaired) electrons. The molecule has 3 aromatic rings. The number of halogens is 1. The SMILES string of the molecule is Cc1ccc(Cc2nnc(NC(=O)CCCS(=O)(=O)c3ccc(F)cc3)o2)cc1C. The van der Waals surface area contributed by atoms with Crippen molar-refractivity contribution in [1.82, 2.24) is 10.2 Å². The van der Waals surface area contributed by atoms with Crippen molar-refractivity contribution in [3.8, 4) is 0 Å². The van der Waals surface area contributed by atoms with Gasteiger partial charge in [0.15, 0.2) is 9.84 Å². The summed E-state index contributed by atoms with van der Waals surface area (Å²) in [5.74, 6) is -0.795. The van der Waals surface area contributed by atoms with Crippen LogP contribution in [0.4, 0.5) is 10.4 Å². The number of nitrogens with zero attached hydrogens (tertiary/aromatic N) is 2. The van der Waals surface area contributed by atoms with Gasteiger partial charge in [-0.05, 0) is 61.2 Å². The molecule has 1 aromatic heterocycles. The van der Waals surface area contributed by atoms with E-state index in [2.05, 4.69) is 15.5 Å². The lowest BCUT2D eigenvalue weighted by Gasteiger charge is -2.04. The molecule has 1 amide bonds. The van der Waals surface area contributed by atoms with Gasteiger partial charge in [-0.15, -0.1) is 5.10 Å². The summed E-state index contributed by atoms with van der Waals surface area (Å²) in [5, 5.41) is 10.2. The summed E-state index contributed by atoms with van der Waals surface area (Å²) in [7, 11) is -3.58. The average molecular weight is 431 g/mol. The Hall–Kier alpha value is -3.07. The molecule has 0 fully saturated rings. The number of benzene rings is 2. The first-order valence-electron chi connectivity index (χ1n) is 9.39. The number of nitrogens with one attached hydrogen (secondary N) is 1. The van der Waals surface area contributed by atoms with Crippen LogP contribution in [0.15, 0.2) is 51.8 Å². The molecule has 1 heterocycles. The van der Waals surface area contributed by atoms with Crippen molar-refractivity contribution >= 4 is 21.8 Å². The summed E-state index contributed by atoms with van der Waals surface area (Å²) in [6.07, 6.45) is 0.518. The van der Waals surface area contributed by atoms with E-state index in [1.807, 2.05) is 32.0 Å². The van der Waals surface area contributed by atoms with Gasteiger partial charge < -0.3 is 4.42 Å². The molecule has 7 nitrogen and oxygen atoms in total. The van der Waals surface area contributed by atoms with Crippen molar-refractivity contribution in [3.05, 3.63) is 70.9 Å². The highest BCUT2D eigenvalue weighted by Gasteiger charge is 2.16. The number of aromatic nitrogens is 2. The van der Waals surface area contributed by atoms with E-state index in [-0.39, 0.29) is 29.5 Å². The standard InChI is InChI=1S/C21H22FN3O4S/c1-14-5-6-16(12-15(14)2)13-20-24-25-21(29-20)23-19(26)4-3-11-30(27,28)18-9-7-17(22)8-10-18/h5-10,12H,3-4,11,13H2,1-2H3,(H,23,25,26). The fraction of sp³-hybridized carbons (Fsp3) is 0.286. The van der Waals surface area contributed by atoms with E-state index >= 15 is 0 Å². The first kappa shape index (κ1) is 21.6. The fourth-order valence-corrected chi connectivity index (χ4v) is 4.14. The lowest BCUT2D eigenvalue weighted by molar-refractivity contribution is -0.116. The maximum absolute atomic E-state index is 12.9. The Morgan fingerprint density at radius 3 is 2.50 bits per heavy atom. The number of amides is 1. The van der Waals surface area contributed by atoms with Gasteiger partial charge in [0.25, 0.3) is 0 Å². The lowest BCUT2D eigenvalue weighted by atomic mass is 10.0. The molecule has 2 aromatic carbocycles. The number of carbonyl (C=O) groups excluding carboxylic acids is 1. The Kier molecular flexibility index (Phi) is 6.61. The number of anilines is 1. The molecular weight excluding hydrogens is 409 g/mol. The van der Waals surface area contributed by atoms with E-state index in [0.717, 1.165) is 23.3 Å². The molecule has 158 valence electrons. The number of hydrogen-bond acceptors (Lipinski definition) is 6. The Balaban J connectivity index is 1.49. The first-order chi connectivity index (χ1) is 14.2. The van der Waals surface area contributed by atoms with Crippen LogP contribution in [-0.2, 0) is 21.1 Å². The lowest BCUT2D eigenvalue weighted by Crippen LogP contribution is -2.14. The van der Waals surface area contributed by atoms with Crippen molar-refractivity contribution in [3.63, 3.8) is 0 Å². The predicted molar refractivity (Wildman–Crippen MR) is 109 cm³/mol. The molecule has 0 saturated carbocycles. The van der Waals surface area contributed by atoms with Crippen molar-refractivity contribution in [2.24, 2.45) is 0 Å². The molecule has 0 saturated heterocycles. The molecule has 0 atom stereocenters. The summed E-state index contributed by atoms with van der Waals surface area (Å²) in [6.45, 7) is 4.05. The Labute approximate surface area is 174 Å². The molecule has 0 aliphatic heterocycles. The largest absolute Gasteiger partial charge is 0.407 e. The summed E-state index contributed by atoms with van der Waals surface area (Å²) in [5.41, 5.74) is 3.38. The molecule has 0 spiro atoms. The minimum Gasteiger partial charge on any atom is -0.407 e. The van der Waals surface area contributed by atoms with Crippen LogP contribution in [0.5, 0.6) is 0 Å².